The van der Waals surface area contributed by atoms with Crippen molar-refractivity contribution in [1.82, 2.24) is 5.32 Å². The zero-order valence-corrected chi connectivity index (χ0v) is 15.5. The maximum Gasteiger partial charge on any atom is 0.269 e. The first-order valence-corrected chi connectivity index (χ1v) is 8.93. The third kappa shape index (κ3) is 3.29. The Labute approximate surface area is 154 Å². The maximum absolute atomic E-state index is 12.5. The Morgan fingerprint density at radius 1 is 1.12 bits per heavy atom. The van der Waals surface area contributed by atoms with Gasteiger partial charge < -0.3 is 5.32 Å². The molecule has 0 fully saturated rings. The number of carbonyl (C=O) groups excluding carboxylic acids is 1. The maximum atomic E-state index is 12.5. The molecular weight excluding hydrogens is 360 g/mol. The number of fused-ring (bicyclic) bond motifs is 1. The highest BCUT2D eigenvalue weighted by Crippen LogP contribution is 2.35. The van der Waals surface area contributed by atoms with Crippen LogP contribution in [0.25, 0.3) is 10.1 Å². The van der Waals surface area contributed by atoms with Gasteiger partial charge in [-0.15, -0.1) is 11.3 Å². The van der Waals surface area contributed by atoms with Crippen molar-refractivity contribution in [1.29, 1.82) is 0 Å². The van der Waals surface area contributed by atoms with Crippen LogP contribution in [0, 0.1) is 13.8 Å². The molecule has 3 rings (SSSR count). The van der Waals surface area contributed by atoms with Gasteiger partial charge >= 0.3 is 0 Å². The molecule has 2 aromatic carbocycles. The van der Waals surface area contributed by atoms with Gasteiger partial charge in [0.2, 0.25) is 0 Å². The van der Waals surface area contributed by atoms with Gasteiger partial charge in [-0.05, 0) is 49.3 Å². The number of amides is 1. The fraction of sp³-hybridized carbons (Fsp3) is 0.111. The van der Waals surface area contributed by atoms with Gasteiger partial charge in [-0.3, -0.25) is 10.1 Å². The Balaban J connectivity index is 1.77. The molecule has 0 unspecified atom stereocenters. The number of thiophene rings is 1. The topological polar surface area (TPSA) is 41.1 Å². The van der Waals surface area contributed by atoms with Crippen LogP contribution in [0.1, 0.15) is 20.8 Å². The summed E-state index contributed by atoms with van der Waals surface area (Å²) >= 11 is 12.9. The number of nitrogens with one attached hydrogen (secondary N) is 2. The van der Waals surface area contributed by atoms with Crippen LogP contribution in [-0.4, -0.2) is 11.0 Å². The van der Waals surface area contributed by atoms with Crippen molar-refractivity contribution in [2.45, 2.75) is 13.8 Å². The largest absolute Gasteiger partial charge is 0.332 e. The van der Waals surface area contributed by atoms with E-state index in [0.29, 0.717) is 9.90 Å². The standard InChI is InChI=1S/C18H15ClN2OS2/c1-10-6-5-8-13(11(10)2)20-18(23)21-17(22)16-15(19)12-7-3-4-9-14(12)24-16/h3-9H,1-2H3,(H2,20,21,22,23). The summed E-state index contributed by atoms with van der Waals surface area (Å²) in [7, 11) is 0. The van der Waals surface area contributed by atoms with Crippen LogP contribution in [-0.2, 0) is 0 Å². The molecule has 0 radical (unpaired) electrons. The predicted molar refractivity (Wildman–Crippen MR) is 106 cm³/mol. The lowest BCUT2D eigenvalue weighted by Gasteiger charge is -2.12. The highest BCUT2D eigenvalue weighted by Gasteiger charge is 2.18. The summed E-state index contributed by atoms with van der Waals surface area (Å²) in [6, 6.07) is 13.6. The first-order chi connectivity index (χ1) is 11.5. The molecule has 0 spiro atoms. The molecule has 2 N–H and O–H groups in total. The van der Waals surface area contributed by atoms with Crippen LogP contribution in [0.15, 0.2) is 42.5 Å². The Kier molecular flexibility index (Phi) is 4.85. The Morgan fingerprint density at radius 2 is 1.88 bits per heavy atom. The summed E-state index contributed by atoms with van der Waals surface area (Å²) in [5.41, 5.74) is 3.12. The fourth-order valence-corrected chi connectivity index (χ4v) is 3.97. The number of hydrogen-bond donors (Lipinski definition) is 2. The number of aryl methyl sites for hydroxylation is 1. The van der Waals surface area contributed by atoms with Crippen molar-refractivity contribution in [2.24, 2.45) is 0 Å². The van der Waals surface area contributed by atoms with E-state index in [1.54, 1.807) is 0 Å². The third-order valence-electron chi connectivity index (χ3n) is 3.82. The number of anilines is 1. The number of halogens is 1. The van der Waals surface area contributed by atoms with E-state index in [9.17, 15) is 4.79 Å². The van der Waals surface area contributed by atoms with Crippen LogP contribution in [0.4, 0.5) is 5.69 Å². The van der Waals surface area contributed by atoms with Crippen molar-refractivity contribution < 1.29 is 4.79 Å². The van der Waals surface area contributed by atoms with Crippen LogP contribution in [0.2, 0.25) is 5.02 Å². The molecule has 6 heteroatoms. The highest BCUT2D eigenvalue weighted by molar-refractivity contribution is 7.80. The predicted octanol–water partition coefficient (Wildman–Crippen LogP) is 5.30. The van der Waals surface area contributed by atoms with E-state index in [-0.39, 0.29) is 11.0 Å². The molecule has 0 aliphatic heterocycles. The normalized spacial score (nSPS) is 10.6. The summed E-state index contributed by atoms with van der Waals surface area (Å²) in [5, 5.41) is 7.36. The molecule has 0 aliphatic carbocycles. The zero-order chi connectivity index (χ0) is 17.3. The van der Waals surface area contributed by atoms with Crippen LogP contribution in [0.5, 0.6) is 0 Å². The van der Waals surface area contributed by atoms with Crippen LogP contribution < -0.4 is 10.6 Å². The second-order valence-electron chi connectivity index (χ2n) is 5.40. The molecule has 1 amide bonds. The Hall–Kier alpha value is -1.95. The van der Waals surface area contributed by atoms with E-state index in [4.69, 9.17) is 23.8 Å². The molecular formula is C18H15ClN2OS2. The van der Waals surface area contributed by atoms with Crippen molar-refractivity contribution in [3.63, 3.8) is 0 Å². The number of rotatable bonds is 2. The second-order valence-corrected chi connectivity index (χ2v) is 7.24. The number of hydrogen-bond acceptors (Lipinski definition) is 3. The summed E-state index contributed by atoms with van der Waals surface area (Å²) < 4.78 is 0.973. The summed E-state index contributed by atoms with van der Waals surface area (Å²) in [6.07, 6.45) is 0. The quantitative estimate of drug-likeness (QED) is 0.598. The molecule has 0 atom stereocenters. The van der Waals surface area contributed by atoms with E-state index < -0.39 is 0 Å². The minimum Gasteiger partial charge on any atom is -0.332 e. The first kappa shape index (κ1) is 16.9. The first-order valence-electron chi connectivity index (χ1n) is 7.33. The van der Waals surface area contributed by atoms with Crippen molar-refractivity contribution in [3.8, 4) is 0 Å². The minimum atomic E-state index is -0.302. The van der Waals surface area contributed by atoms with Crippen LogP contribution in [0.3, 0.4) is 0 Å². The molecule has 3 nitrogen and oxygen atoms in total. The Bertz CT molecular complexity index is 949. The monoisotopic (exact) mass is 374 g/mol. The van der Waals surface area contributed by atoms with Gasteiger partial charge in [-0.25, -0.2) is 0 Å². The molecule has 24 heavy (non-hydrogen) atoms. The minimum absolute atomic E-state index is 0.252. The molecule has 3 aromatic rings. The van der Waals surface area contributed by atoms with Gasteiger partial charge in [0.25, 0.3) is 5.91 Å². The van der Waals surface area contributed by atoms with Gasteiger partial charge in [0.05, 0.1) is 5.02 Å². The second kappa shape index (κ2) is 6.89. The summed E-state index contributed by atoms with van der Waals surface area (Å²) in [6.45, 7) is 4.03. The van der Waals surface area contributed by atoms with E-state index >= 15 is 0 Å². The smallest absolute Gasteiger partial charge is 0.269 e. The van der Waals surface area contributed by atoms with Gasteiger partial charge in [-0.1, -0.05) is 41.9 Å². The summed E-state index contributed by atoms with van der Waals surface area (Å²) in [5.74, 6) is -0.302. The molecule has 1 aromatic heterocycles. The lowest BCUT2D eigenvalue weighted by Crippen LogP contribution is -2.34. The number of carbonyl (C=O) groups is 1. The molecule has 0 bridgehead atoms. The molecule has 1 heterocycles. The van der Waals surface area contributed by atoms with E-state index in [1.807, 2.05) is 56.3 Å². The zero-order valence-electron chi connectivity index (χ0n) is 13.1. The summed E-state index contributed by atoms with van der Waals surface area (Å²) in [4.78, 5) is 12.9. The molecule has 0 aliphatic rings. The fourth-order valence-electron chi connectivity index (χ4n) is 2.36. The van der Waals surface area contributed by atoms with Crippen molar-refractivity contribution >= 4 is 61.9 Å². The van der Waals surface area contributed by atoms with Crippen molar-refractivity contribution in [2.75, 3.05) is 5.32 Å². The highest BCUT2D eigenvalue weighted by atomic mass is 35.5. The van der Waals surface area contributed by atoms with E-state index in [0.717, 1.165) is 26.9 Å². The average molecular weight is 375 g/mol. The van der Waals surface area contributed by atoms with Crippen LogP contribution >= 0.6 is 35.2 Å². The molecule has 0 saturated carbocycles. The number of thiocarbonyl (C=S) groups is 1. The Morgan fingerprint density at radius 3 is 2.62 bits per heavy atom. The van der Waals surface area contributed by atoms with Gasteiger partial charge in [-0.2, -0.15) is 0 Å². The van der Waals surface area contributed by atoms with Gasteiger partial charge in [0, 0.05) is 15.8 Å². The SMILES string of the molecule is Cc1cccc(NC(=S)NC(=O)c2sc3ccccc3c2Cl)c1C. The lowest BCUT2D eigenvalue weighted by molar-refractivity contribution is 0.0982. The molecule has 0 saturated heterocycles. The van der Waals surface area contributed by atoms with E-state index in [1.165, 1.54) is 11.3 Å². The lowest BCUT2D eigenvalue weighted by atomic mass is 10.1. The molecule has 122 valence electrons. The number of benzene rings is 2. The van der Waals surface area contributed by atoms with E-state index in [2.05, 4.69) is 10.6 Å². The third-order valence-corrected chi connectivity index (χ3v) is 5.70. The van der Waals surface area contributed by atoms with Crippen molar-refractivity contribution in [3.05, 3.63) is 63.5 Å². The van der Waals surface area contributed by atoms with Gasteiger partial charge in [0.15, 0.2) is 5.11 Å². The van der Waals surface area contributed by atoms with Gasteiger partial charge in [0.1, 0.15) is 4.88 Å². The average Bonchev–Trinajstić information content (AvgIpc) is 2.89.